The Bertz CT molecular complexity index is 1630. The van der Waals surface area contributed by atoms with E-state index in [9.17, 15) is 35.9 Å². The van der Waals surface area contributed by atoms with E-state index in [1.54, 1.807) is 29.2 Å². The van der Waals surface area contributed by atoms with Crippen molar-refractivity contribution in [2.45, 2.75) is 31.1 Å². The van der Waals surface area contributed by atoms with Crippen molar-refractivity contribution >= 4 is 29.1 Å². The highest BCUT2D eigenvalue weighted by Crippen LogP contribution is 2.34. The number of hydrogen-bond acceptors (Lipinski definition) is 7. The summed E-state index contributed by atoms with van der Waals surface area (Å²) in [6, 6.07) is 12.0. The SMILES string of the molecule is NN(C(=O)c1csc(C2CCN(C(=O)c3ccccc3-c3ccc(C(F)(F)F)cc3)CC2)n1)c1nccc(C(F)(F)F)n1. The normalized spacial score (nSPS) is 14.5. The quantitative estimate of drug-likeness (QED) is 0.124. The molecule has 0 saturated carbocycles. The minimum atomic E-state index is -4.74. The monoisotopic (exact) mass is 620 g/mol. The molecule has 0 unspecified atom stereocenters. The average molecular weight is 621 g/mol. The Morgan fingerprint density at radius 2 is 1.58 bits per heavy atom. The Morgan fingerprint density at radius 1 is 0.907 bits per heavy atom. The number of nitrogens with two attached hydrogens (primary N) is 1. The third kappa shape index (κ3) is 6.51. The lowest BCUT2D eigenvalue weighted by atomic mass is 9.94. The largest absolute Gasteiger partial charge is 0.433 e. The number of carbonyl (C=O) groups excluding carboxylic acids is 2. The van der Waals surface area contributed by atoms with Crippen LogP contribution in [0.2, 0.25) is 0 Å². The number of hydrogen-bond donors (Lipinski definition) is 1. The van der Waals surface area contributed by atoms with Crippen molar-refractivity contribution in [1.29, 1.82) is 0 Å². The van der Waals surface area contributed by atoms with Gasteiger partial charge in [0, 0.05) is 36.1 Å². The van der Waals surface area contributed by atoms with E-state index in [4.69, 9.17) is 5.84 Å². The Labute approximate surface area is 244 Å². The fourth-order valence-corrected chi connectivity index (χ4v) is 5.64. The van der Waals surface area contributed by atoms with Gasteiger partial charge in [0.1, 0.15) is 11.4 Å². The van der Waals surface area contributed by atoms with E-state index in [-0.39, 0.29) is 17.5 Å². The first-order valence-corrected chi connectivity index (χ1v) is 13.7. The van der Waals surface area contributed by atoms with E-state index >= 15 is 0 Å². The first-order chi connectivity index (χ1) is 20.3. The fraction of sp³-hybridized carbons (Fsp3) is 0.250. The van der Waals surface area contributed by atoms with Gasteiger partial charge in [-0.2, -0.15) is 26.3 Å². The van der Waals surface area contributed by atoms with Crippen LogP contribution in [-0.2, 0) is 12.4 Å². The molecule has 0 bridgehead atoms. The van der Waals surface area contributed by atoms with Crippen LogP contribution in [-0.4, -0.2) is 44.8 Å². The molecule has 0 spiro atoms. The van der Waals surface area contributed by atoms with Gasteiger partial charge in [-0.1, -0.05) is 30.3 Å². The molecule has 8 nitrogen and oxygen atoms in total. The summed E-state index contributed by atoms with van der Waals surface area (Å²) in [5.41, 5.74) is -0.741. The molecule has 4 aromatic rings. The summed E-state index contributed by atoms with van der Waals surface area (Å²) in [5.74, 6) is 3.87. The molecule has 1 saturated heterocycles. The third-order valence-corrected chi connectivity index (χ3v) is 7.93. The number of hydrazine groups is 1. The molecule has 0 radical (unpaired) electrons. The Morgan fingerprint density at radius 3 is 2.23 bits per heavy atom. The number of rotatable bonds is 5. The average Bonchev–Trinajstić information content (AvgIpc) is 3.50. The van der Waals surface area contributed by atoms with E-state index in [0.29, 0.717) is 58.7 Å². The number of amides is 2. The molecule has 2 N–H and O–H groups in total. The molecule has 43 heavy (non-hydrogen) atoms. The molecule has 2 aromatic heterocycles. The lowest BCUT2D eigenvalue weighted by molar-refractivity contribution is -0.141. The Kier molecular flexibility index (Phi) is 8.21. The van der Waals surface area contributed by atoms with Crippen molar-refractivity contribution < 1.29 is 35.9 Å². The number of anilines is 1. The van der Waals surface area contributed by atoms with E-state index in [2.05, 4.69) is 15.0 Å². The standard InChI is InChI=1S/C28H22F6N6O2S/c29-27(30,31)18-7-5-16(6-8-18)19-3-1-2-4-20(19)24(41)39-13-10-17(11-14-39)23-37-21(15-43-23)25(42)40(35)26-36-12-9-22(38-26)28(32,33)34/h1-9,12,15,17H,10-11,13-14,35H2. The van der Waals surface area contributed by atoms with Crippen LogP contribution in [0.5, 0.6) is 0 Å². The molecule has 3 heterocycles. The molecule has 1 fully saturated rings. The number of alkyl halides is 6. The van der Waals surface area contributed by atoms with Crippen molar-refractivity contribution in [3.8, 4) is 11.1 Å². The Hall–Kier alpha value is -4.37. The van der Waals surface area contributed by atoms with E-state index < -0.39 is 35.5 Å². The number of likely N-dealkylation sites (tertiary alicyclic amines) is 1. The molecule has 2 aromatic carbocycles. The van der Waals surface area contributed by atoms with Crippen LogP contribution in [0.15, 0.2) is 66.2 Å². The molecule has 0 atom stereocenters. The van der Waals surface area contributed by atoms with Crippen molar-refractivity contribution in [1.82, 2.24) is 19.9 Å². The smallest absolute Gasteiger partial charge is 0.339 e. The summed E-state index contributed by atoms with van der Waals surface area (Å²) in [6.07, 6.45) is -7.31. The molecular formula is C28H22F6N6O2S. The molecule has 5 rings (SSSR count). The lowest BCUT2D eigenvalue weighted by Gasteiger charge is -2.31. The topological polar surface area (TPSA) is 105 Å². The zero-order chi connectivity index (χ0) is 30.9. The third-order valence-electron chi connectivity index (χ3n) is 6.92. The van der Waals surface area contributed by atoms with Crippen LogP contribution in [0.3, 0.4) is 0 Å². The summed E-state index contributed by atoms with van der Waals surface area (Å²) in [4.78, 5) is 39.2. The lowest BCUT2D eigenvalue weighted by Crippen LogP contribution is -2.39. The first kappa shape index (κ1) is 30.1. The predicted molar refractivity (Wildman–Crippen MR) is 145 cm³/mol. The maximum Gasteiger partial charge on any atom is 0.433 e. The van der Waals surface area contributed by atoms with Crippen molar-refractivity contribution in [2.24, 2.45) is 5.84 Å². The van der Waals surface area contributed by atoms with Crippen molar-refractivity contribution in [3.05, 3.63) is 93.7 Å². The maximum atomic E-state index is 13.4. The number of piperidine rings is 1. The van der Waals surface area contributed by atoms with E-state index in [0.717, 1.165) is 18.3 Å². The van der Waals surface area contributed by atoms with Gasteiger partial charge in [0.05, 0.1) is 10.6 Å². The fourth-order valence-electron chi connectivity index (χ4n) is 4.67. The molecule has 2 amide bonds. The second-order valence-electron chi connectivity index (χ2n) is 9.67. The number of carbonyl (C=O) groups is 2. The van der Waals surface area contributed by atoms with Crippen LogP contribution in [0.25, 0.3) is 11.1 Å². The van der Waals surface area contributed by atoms with Crippen LogP contribution in [0.1, 0.15) is 55.9 Å². The van der Waals surface area contributed by atoms with Gasteiger partial charge >= 0.3 is 12.4 Å². The van der Waals surface area contributed by atoms with Crippen LogP contribution >= 0.6 is 11.3 Å². The minimum Gasteiger partial charge on any atom is -0.339 e. The summed E-state index contributed by atoms with van der Waals surface area (Å²) >= 11 is 1.19. The summed E-state index contributed by atoms with van der Waals surface area (Å²) < 4.78 is 77.9. The Balaban J connectivity index is 1.24. The molecule has 1 aliphatic rings. The van der Waals surface area contributed by atoms with Gasteiger partial charge in [-0.3, -0.25) is 9.59 Å². The van der Waals surface area contributed by atoms with Gasteiger partial charge in [-0.25, -0.2) is 25.8 Å². The van der Waals surface area contributed by atoms with E-state index in [1.807, 2.05) is 0 Å². The number of benzene rings is 2. The summed E-state index contributed by atoms with van der Waals surface area (Å²) in [7, 11) is 0. The highest BCUT2D eigenvalue weighted by Gasteiger charge is 2.34. The van der Waals surface area contributed by atoms with Crippen molar-refractivity contribution in [2.75, 3.05) is 18.1 Å². The number of halogens is 6. The maximum absolute atomic E-state index is 13.4. The van der Waals surface area contributed by atoms with Gasteiger partial charge in [0.15, 0.2) is 0 Å². The molecule has 224 valence electrons. The molecule has 0 aliphatic carbocycles. The van der Waals surface area contributed by atoms with Crippen LogP contribution in [0, 0.1) is 0 Å². The van der Waals surface area contributed by atoms with Gasteiger partial charge in [-0.05, 0) is 48.2 Å². The number of thiazole rings is 1. The molecular weight excluding hydrogens is 598 g/mol. The van der Waals surface area contributed by atoms with Gasteiger partial charge in [-0.15, -0.1) is 11.3 Å². The van der Waals surface area contributed by atoms with Gasteiger partial charge < -0.3 is 4.90 Å². The highest BCUT2D eigenvalue weighted by atomic mass is 32.1. The predicted octanol–water partition coefficient (Wildman–Crippen LogP) is 6.18. The summed E-state index contributed by atoms with van der Waals surface area (Å²) in [5, 5.41) is 2.46. The zero-order valence-corrected chi connectivity index (χ0v) is 22.9. The second kappa shape index (κ2) is 11.7. The number of nitrogens with zero attached hydrogens (tertiary/aromatic N) is 5. The van der Waals surface area contributed by atoms with Gasteiger partial charge in [0.2, 0.25) is 5.95 Å². The zero-order valence-electron chi connectivity index (χ0n) is 22.1. The molecule has 1 aliphatic heterocycles. The van der Waals surface area contributed by atoms with E-state index in [1.165, 1.54) is 28.8 Å². The molecule has 15 heteroatoms. The number of aromatic nitrogens is 3. The van der Waals surface area contributed by atoms with Crippen LogP contribution < -0.4 is 10.9 Å². The minimum absolute atomic E-state index is 0.0764. The summed E-state index contributed by atoms with van der Waals surface area (Å²) in [6.45, 7) is 0.740. The van der Waals surface area contributed by atoms with Crippen molar-refractivity contribution in [3.63, 3.8) is 0 Å². The van der Waals surface area contributed by atoms with Crippen LogP contribution in [0.4, 0.5) is 32.3 Å². The first-order valence-electron chi connectivity index (χ1n) is 12.8. The highest BCUT2D eigenvalue weighted by molar-refractivity contribution is 7.10. The second-order valence-corrected chi connectivity index (χ2v) is 10.6. The van der Waals surface area contributed by atoms with Gasteiger partial charge in [0.25, 0.3) is 11.8 Å².